The molecule has 0 spiro atoms. The number of carboxylic acids is 2. The number of carbonyl (C=O) groups is 3. The Morgan fingerprint density at radius 2 is 1.74 bits per heavy atom. The average molecular weight is 486 g/mol. The van der Waals surface area contributed by atoms with Crippen molar-refractivity contribution in [3.63, 3.8) is 0 Å². The van der Waals surface area contributed by atoms with Gasteiger partial charge in [-0.25, -0.2) is 4.79 Å². The number of thioether (sulfide) groups is 1. The molecule has 3 aromatic carbocycles. The number of aliphatic imine (C=N–C) groups is 1. The molecule has 168 valence electrons. The van der Waals surface area contributed by atoms with Crippen molar-refractivity contribution in [3.8, 4) is 5.75 Å². The van der Waals surface area contributed by atoms with Gasteiger partial charge in [-0.15, -0.1) is 12.1 Å². The van der Waals surface area contributed by atoms with Gasteiger partial charge in [0, 0.05) is 12.5 Å². The van der Waals surface area contributed by atoms with E-state index in [1.807, 2.05) is 30.3 Å². The van der Waals surface area contributed by atoms with Crippen LogP contribution in [0.25, 0.3) is 16.8 Å². The minimum atomic E-state index is -1.07. The number of benzene rings is 3. The first-order valence-corrected chi connectivity index (χ1v) is 10.5. The second-order valence-corrected chi connectivity index (χ2v) is 7.71. The summed E-state index contributed by atoms with van der Waals surface area (Å²) >= 11 is 1.22. The summed E-state index contributed by atoms with van der Waals surface area (Å²) in [5, 5.41) is 21.5. The summed E-state index contributed by atoms with van der Waals surface area (Å²) in [5.74, 6) is -1.77. The van der Waals surface area contributed by atoms with Crippen LogP contribution < -0.4 is 39.6 Å². The molecule has 0 aromatic heterocycles. The van der Waals surface area contributed by atoms with Gasteiger partial charge >= 0.3 is 35.5 Å². The van der Waals surface area contributed by atoms with Crippen LogP contribution in [0, 0.1) is 6.07 Å². The number of hydrogen-bond acceptors (Lipinski definition) is 6. The van der Waals surface area contributed by atoms with E-state index in [1.54, 1.807) is 36.4 Å². The molecule has 1 amide bonds. The van der Waals surface area contributed by atoms with Crippen LogP contribution in [-0.2, 0) is 14.4 Å². The summed E-state index contributed by atoms with van der Waals surface area (Å²) < 4.78 is 5.46. The van der Waals surface area contributed by atoms with E-state index in [0.717, 1.165) is 17.7 Å². The monoisotopic (exact) mass is 486 g/mol. The van der Waals surface area contributed by atoms with Crippen LogP contribution >= 0.6 is 11.8 Å². The number of aliphatic carboxylic acids is 2. The Balaban J connectivity index is 0.000000758. The van der Waals surface area contributed by atoms with Gasteiger partial charge in [0.2, 0.25) is 0 Å². The predicted octanol–water partition coefficient (Wildman–Crippen LogP) is 1.09. The van der Waals surface area contributed by atoms with Crippen molar-refractivity contribution in [2.24, 2.45) is 4.99 Å². The van der Waals surface area contributed by atoms with Crippen LogP contribution in [0.3, 0.4) is 0 Å². The number of amides is 1. The second-order valence-electron chi connectivity index (χ2n) is 6.68. The average Bonchev–Trinajstić information content (AvgIpc) is 3.11. The van der Waals surface area contributed by atoms with Crippen LogP contribution in [0.4, 0.5) is 5.69 Å². The third-order valence-corrected chi connectivity index (χ3v) is 5.01. The fraction of sp³-hybridized carbons (Fsp3) is 0.0833. The van der Waals surface area contributed by atoms with Crippen molar-refractivity contribution in [1.29, 1.82) is 0 Å². The van der Waals surface area contributed by atoms with Gasteiger partial charge in [-0.3, -0.25) is 14.6 Å². The molecule has 10 heteroatoms. The molecule has 1 saturated heterocycles. The van der Waals surface area contributed by atoms with E-state index in [1.165, 1.54) is 11.8 Å². The van der Waals surface area contributed by atoms with Gasteiger partial charge in [0.15, 0.2) is 11.8 Å². The second kappa shape index (κ2) is 13.0. The van der Waals surface area contributed by atoms with E-state index in [4.69, 9.17) is 19.7 Å². The van der Waals surface area contributed by atoms with Gasteiger partial charge in [-0.05, 0) is 46.4 Å². The number of amidine groups is 1. The molecule has 1 aliphatic heterocycles. The molecule has 0 aliphatic carbocycles. The number of hydrogen-bond donors (Lipinski definition) is 3. The molecule has 3 aromatic rings. The maximum absolute atomic E-state index is 12.4. The van der Waals surface area contributed by atoms with Crippen molar-refractivity contribution in [2.75, 3.05) is 6.61 Å². The third-order valence-electron chi connectivity index (χ3n) is 4.10. The minimum absolute atomic E-state index is 0. The maximum atomic E-state index is 12.4. The fourth-order valence-corrected chi connectivity index (χ4v) is 3.64. The molecule has 4 rings (SSSR count). The Kier molecular flexibility index (Phi) is 10.3. The molecule has 3 N–H and O–H groups in total. The molecule has 0 bridgehead atoms. The van der Waals surface area contributed by atoms with Crippen molar-refractivity contribution in [1.82, 2.24) is 5.32 Å². The Hall–Kier alpha value is -3.11. The van der Waals surface area contributed by atoms with Crippen LogP contribution in [0.15, 0.2) is 70.6 Å². The summed E-state index contributed by atoms with van der Waals surface area (Å²) in [6, 6.07) is 21.3. The standard InChI is InChI=1S/C22H15N2O4S.C2H4O2.Na/c25-20(26)13-28-18-11-15-7-5-4-6-14(15)10-16(18)12-19-21(27)24-22(29-19)23-17-8-2-1-3-9-17;1-2(3)4;/h2-12H,13H2,(H,25,26)(H,23,24,27);1H3,(H,3,4);/q-1;;+1. The number of carbonyl (C=O) groups excluding carboxylic acids is 1. The van der Waals surface area contributed by atoms with E-state index in [9.17, 15) is 9.59 Å². The van der Waals surface area contributed by atoms with Gasteiger partial charge in [-0.2, -0.15) is 18.2 Å². The van der Waals surface area contributed by atoms with E-state index in [0.29, 0.717) is 27.1 Å². The molecule has 1 heterocycles. The largest absolute Gasteiger partial charge is 1.00 e. The Morgan fingerprint density at radius 1 is 1.12 bits per heavy atom. The number of ether oxygens (including phenoxy) is 1. The molecule has 0 radical (unpaired) electrons. The van der Waals surface area contributed by atoms with Crippen LogP contribution in [0.5, 0.6) is 5.75 Å². The SMILES string of the molecule is CC(=O)O.O=C(O)COc1cc2ccccc2cc1C=C1SC(=Nc2cc[c-]cc2)NC1=O.[Na+]. The quantitative estimate of drug-likeness (QED) is 0.280. The minimum Gasteiger partial charge on any atom is -0.481 e. The van der Waals surface area contributed by atoms with E-state index >= 15 is 0 Å². The maximum Gasteiger partial charge on any atom is 1.00 e. The first-order valence-electron chi connectivity index (χ1n) is 9.64. The molecule has 34 heavy (non-hydrogen) atoms. The van der Waals surface area contributed by atoms with Crippen LogP contribution in [0.2, 0.25) is 0 Å². The number of rotatable bonds is 5. The van der Waals surface area contributed by atoms with Gasteiger partial charge in [0.05, 0.1) is 4.91 Å². The zero-order valence-corrected chi connectivity index (χ0v) is 21.3. The van der Waals surface area contributed by atoms with Gasteiger partial charge < -0.3 is 20.3 Å². The fourth-order valence-electron chi connectivity index (χ4n) is 2.81. The van der Waals surface area contributed by atoms with Crippen molar-refractivity contribution < 1.29 is 58.9 Å². The molecule has 0 unspecified atom stereocenters. The van der Waals surface area contributed by atoms with Gasteiger partial charge in [0.1, 0.15) is 5.75 Å². The van der Waals surface area contributed by atoms with Crippen molar-refractivity contribution in [3.05, 3.63) is 77.2 Å². The Labute approximate surface area is 222 Å². The van der Waals surface area contributed by atoms with E-state index in [2.05, 4.69) is 16.4 Å². The van der Waals surface area contributed by atoms with Crippen LogP contribution in [0.1, 0.15) is 12.5 Å². The summed E-state index contributed by atoms with van der Waals surface area (Å²) in [6.07, 6.45) is 1.69. The van der Waals surface area contributed by atoms with Crippen LogP contribution in [-0.4, -0.2) is 39.8 Å². The molecule has 0 saturated carbocycles. The summed E-state index contributed by atoms with van der Waals surface area (Å²) in [6.45, 7) is 0.617. The summed E-state index contributed by atoms with van der Waals surface area (Å²) in [7, 11) is 0. The zero-order chi connectivity index (χ0) is 23.8. The summed E-state index contributed by atoms with van der Waals surface area (Å²) in [4.78, 5) is 37.2. The smallest absolute Gasteiger partial charge is 0.481 e. The number of carboxylic acid groups (broad SMARTS) is 2. The predicted molar refractivity (Wildman–Crippen MR) is 126 cm³/mol. The number of nitrogens with one attached hydrogen (secondary N) is 1. The van der Waals surface area contributed by atoms with Gasteiger partial charge in [0.25, 0.3) is 11.9 Å². The normalized spacial score (nSPS) is 14.7. The molecular formula is C24H19N2NaO6S. The molecule has 0 atom stereocenters. The molecule has 1 fully saturated rings. The number of fused-ring (bicyclic) bond motifs is 1. The molecule has 1 aliphatic rings. The summed E-state index contributed by atoms with van der Waals surface area (Å²) in [5.41, 5.74) is 1.34. The first kappa shape index (κ1) is 27.1. The van der Waals surface area contributed by atoms with Gasteiger partial charge in [-0.1, -0.05) is 24.3 Å². The Bertz CT molecular complexity index is 1260. The zero-order valence-electron chi connectivity index (χ0n) is 18.4. The first-order chi connectivity index (χ1) is 15.8. The molecular weight excluding hydrogens is 467 g/mol. The van der Waals surface area contributed by atoms with E-state index in [-0.39, 0.29) is 35.5 Å². The number of nitrogens with zero attached hydrogens (tertiary/aromatic N) is 1. The molecule has 8 nitrogen and oxygen atoms in total. The topological polar surface area (TPSA) is 125 Å². The Morgan fingerprint density at radius 3 is 2.35 bits per heavy atom. The third kappa shape index (κ3) is 8.03. The van der Waals surface area contributed by atoms with Crippen molar-refractivity contribution >= 4 is 57.3 Å². The van der Waals surface area contributed by atoms with Crippen molar-refractivity contribution in [2.45, 2.75) is 6.92 Å². The van der Waals surface area contributed by atoms with E-state index < -0.39 is 18.5 Å².